The molecule has 0 unspecified atom stereocenters. The summed E-state index contributed by atoms with van der Waals surface area (Å²) >= 11 is 0. The van der Waals surface area contributed by atoms with Gasteiger partial charge in [0.25, 0.3) is 5.91 Å². The van der Waals surface area contributed by atoms with E-state index >= 15 is 0 Å². The van der Waals surface area contributed by atoms with Gasteiger partial charge in [0.2, 0.25) is 0 Å². The van der Waals surface area contributed by atoms with E-state index in [1.807, 2.05) is 48.5 Å². The number of hydrogen-bond acceptors (Lipinski definition) is 5. The smallest absolute Gasteiger partial charge is 0.335 e. The Kier molecular flexibility index (Phi) is 6.84. The average molecular weight is 454 g/mol. The molecule has 0 spiro atoms. The molecule has 7 heteroatoms. The second-order valence-electron chi connectivity index (χ2n) is 7.43. The number of benzene rings is 4. The van der Waals surface area contributed by atoms with Crippen molar-refractivity contribution in [1.29, 1.82) is 0 Å². The van der Waals surface area contributed by atoms with E-state index in [1.54, 1.807) is 24.3 Å². The van der Waals surface area contributed by atoms with E-state index < -0.39 is 11.9 Å². The predicted molar refractivity (Wildman–Crippen MR) is 130 cm³/mol. The third kappa shape index (κ3) is 5.21. The number of carbonyl (C=O) groups excluding carboxylic acids is 1. The summed E-state index contributed by atoms with van der Waals surface area (Å²) in [6.45, 7) is 0.255. The van der Waals surface area contributed by atoms with Crippen molar-refractivity contribution >= 4 is 28.9 Å². The minimum Gasteiger partial charge on any atom is -0.496 e. The first-order chi connectivity index (χ1) is 16.5. The number of ether oxygens (including phenoxy) is 2. The van der Waals surface area contributed by atoms with Gasteiger partial charge in [0.05, 0.1) is 24.5 Å². The van der Waals surface area contributed by atoms with E-state index in [9.17, 15) is 9.59 Å². The number of methoxy groups -OCH3 is 1. The molecule has 0 heterocycles. The highest BCUT2D eigenvalue weighted by Gasteiger charge is 2.13. The van der Waals surface area contributed by atoms with Crippen molar-refractivity contribution in [2.75, 3.05) is 7.11 Å². The number of para-hydroxylation sites is 1. The Labute approximate surface area is 196 Å². The molecular formula is C27H22N2O5. The van der Waals surface area contributed by atoms with Gasteiger partial charge in [0.1, 0.15) is 18.1 Å². The van der Waals surface area contributed by atoms with Crippen molar-refractivity contribution in [3.63, 3.8) is 0 Å². The number of amides is 1. The quantitative estimate of drug-likeness (QED) is 0.292. The normalized spacial score (nSPS) is 10.9. The average Bonchev–Trinajstić information content (AvgIpc) is 2.87. The Bertz CT molecular complexity index is 1360. The van der Waals surface area contributed by atoms with Gasteiger partial charge in [0.15, 0.2) is 0 Å². The van der Waals surface area contributed by atoms with Crippen LogP contribution < -0.4 is 14.9 Å². The zero-order chi connectivity index (χ0) is 23.9. The number of carboxylic acids is 1. The number of nitrogens with one attached hydrogen (secondary N) is 1. The minimum absolute atomic E-state index is 0.218. The molecular weight excluding hydrogens is 432 g/mol. The van der Waals surface area contributed by atoms with E-state index in [-0.39, 0.29) is 12.2 Å². The van der Waals surface area contributed by atoms with Crippen LogP contribution in [0.3, 0.4) is 0 Å². The topological polar surface area (TPSA) is 97.2 Å². The molecule has 4 aromatic rings. The van der Waals surface area contributed by atoms with Crippen molar-refractivity contribution in [2.45, 2.75) is 6.61 Å². The van der Waals surface area contributed by atoms with E-state index in [4.69, 9.17) is 14.6 Å². The number of carboxylic acid groups (broad SMARTS) is 1. The number of hydrogen-bond donors (Lipinski definition) is 2. The summed E-state index contributed by atoms with van der Waals surface area (Å²) in [6, 6.07) is 25.1. The van der Waals surface area contributed by atoms with Gasteiger partial charge in [-0.1, -0.05) is 48.5 Å². The summed E-state index contributed by atoms with van der Waals surface area (Å²) in [5, 5.41) is 15.0. The molecule has 0 bridgehead atoms. The monoisotopic (exact) mass is 454 g/mol. The van der Waals surface area contributed by atoms with Gasteiger partial charge in [0, 0.05) is 5.56 Å². The number of hydrazone groups is 1. The predicted octanol–water partition coefficient (Wildman–Crippen LogP) is 4.89. The second kappa shape index (κ2) is 10.3. The van der Waals surface area contributed by atoms with E-state index in [0.29, 0.717) is 22.6 Å². The van der Waals surface area contributed by atoms with Gasteiger partial charge < -0.3 is 14.6 Å². The van der Waals surface area contributed by atoms with Crippen LogP contribution in [0, 0.1) is 0 Å². The molecule has 4 rings (SSSR count). The molecule has 1 amide bonds. The van der Waals surface area contributed by atoms with Crippen LogP contribution in [0.15, 0.2) is 90.0 Å². The van der Waals surface area contributed by atoms with Crippen molar-refractivity contribution in [1.82, 2.24) is 5.43 Å². The second-order valence-corrected chi connectivity index (χ2v) is 7.43. The SMILES string of the molecule is COc1cc2ccccc2cc1C(=O)N/N=C\c1ccccc1OCc1ccc(C(=O)O)cc1. The summed E-state index contributed by atoms with van der Waals surface area (Å²) in [5.41, 5.74) is 4.65. The van der Waals surface area contributed by atoms with Crippen molar-refractivity contribution in [3.8, 4) is 11.5 Å². The molecule has 2 N–H and O–H groups in total. The Morgan fingerprint density at radius 2 is 1.59 bits per heavy atom. The largest absolute Gasteiger partial charge is 0.496 e. The van der Waals surface area contributed by atoms with Crippen molar-refractivity contribution in [2.24, 2.45) is 5.10 Å². The molecule has 0 saturated carbocycles. The van der Waals surface area contributed by atoms with Crippen LogP contribution in [-0.4, -0.2) is 30.3 Å². The third-order valence-electron chi connectivity index (χ3n) is 5.20. The number of nitrogens with zero attached hydrogens (tertiary/aromatic N) is 1. The van der Waals surface area contributed by atoms with Crippen LogP contribution in [0.25, 0.3) is 10.8 Å². The Balaban J connectivity index is 1.45. The van der Waals surface area contributed by atoms with Gasteiger partial charge in [-0.3, -0.25) is 4.79 Å². The maximum absolute atomic E-state index is 12.8. The lowest BCUT2D eigenvalue weighted by Gasteiger charge is -2.10. The fourth-order valence-electron chi connectivity index (χ4n) is 3.41. The first-order valence-corrected chi connectivity index (χ1v) is 10.5. The van der Waals surface area contributed by atoms with Gasteiger partial charge in [-0.2, -0.15) is 5.10 Å². The first-order valence-electron chi connectivity index (χ1n) is 10.5. The highest BCUT2D eigenvalue weighted by Crippen LogP contribution is 2.26. The van der Waals surface area contributed by atoms with Crippen LogP contribution in [-0.2, 0) is 6.61 Å². The highest BCUT2D eigenvalue weighted by molar-refractivity contribution is 6.02. The van der Waals surface area contributed by atoms with Gasteiger partial charge in [-0.15, -0.1) is 0 Å². The molecule has 0 aliphatic rings. The van der Waals surface area contributed by atoms with E-state index in [1.165, 1.54) is 25.5 Å². The third-order valence-corrected chi connectivity index (χ3v) is 5.20. The molecule has 0 radical (unpaired) electrons. The molecule has 0 saturated heterocycles. The van der Waals surface area contributed by atoms with E-state index in [2.05, 4.69) is 10.5 Å². The van der Waals surface area contributed by atoms with Gasteiger partial charge in [-0.05, 0) is 52.7 Å². The Morgan fingerprint density at radius 1 is 0.912 bits per heavy atom. The summed E-state index contributed by atoms with van der Waals surface area (Å²) in [7, 11) is 1.52. The van der Waals surface area contributed by atoms with Crippen molar-refractivity contribution in [3.05, 3.63) is 107 Å². The molecule has 0 atom stereocenters. The standard InChI is InChI=1S/C27H22N2O5/c1-33-25-15-21-7-3-2-6-20(21)14-23(25)26(30)29-28-16-22-8-4-5-9-24(22)34-17-18-10-12-19(13-11-18)27(31)32/h2-16H,17H2,1H3,(H,29,30)(H,31,32)/b28-16-. The van der Waals surface area contributed by atoms with Crippen LogP contribution in [0.2, 0.25) is 0 Å². The molecule has 4 aromatic carbocycles. The number of rotatable bonds is 8. The highest BCUT2D eigenvalue weighted by atomic mass is 16.5. The minimum atomic E-state index is -0.975. The maximum Gasteiger partial charge on any atom is 0.335 e. The molecule has 0 fully saturated rings. The van der Waals surface area contributed by atoms with Crippen LogP contribution >= 0.6 is 0 Å². The zero-order valence-corrected chi connectivity index (χ0v) is 18.4. The Hall–Kier alpha value is -4.65. The molecule has 34 heavy (non-hydrogen) atoms. The van der Waals surface area contributed by atoms with Crippen LogP contribution in [0.4, 0.5) is 0 Å². The Morgan fingerprint density at radius 3 is 2.29 bits per heavy atom. The lowest BCUT2D eigenvalue weighted by Crippen LogP contribution is -2.18. The summed E-state index contributed by atoms with van der Waals surface area (Å²) < 4.78 is 11.3. The van der Waals surface area contributed by atoms with E-state index in [0.717, 1.165) is 16.3 Å². The number of aromatic carboxylic acids is 1. The zero-order valence-electron chi connectivity index (χ0n) is 18.4. The molecule has 170 valence electrons. The lowest BCUT2D eigenvalue weighted by atomic mass is 10.1. The fraction of sp³-hybridized carbons (Fsp3) is 0.0741. The summed E-state index contributed by atoms with van der Waals surface area (Å²) in [6.07, 6.45) is 1.51. The number of carbonyl (C=O) groups is 2. The maximum atomic E-state index is 12.8. The van der Waals surface area contributed by atoms with Gasteiger partial charge in [-0.25, -0.2) is 10.2 Å². The fourth-order valence-corrected chi connectivity index (χ4v) is 3.41. The molecule has 7 nitrogen and oxygen atoms in total. The molecule has 0 aliphatic carbocycles. The van der Waals surface area contributed by atoms with Crippen LogP contribution in [0.1, 0.15) is 31.8 Å². The van der Waals surface area contributed by atoms with Crippen LogP contribution in [0.5, 0.6) is 11.5 Å². The summed E-state index contributed by atoms with van der Waals surface area (Å²) in [4.78, 5) is 23.7. The lowest BCUT2D eigenvalue weighted by molar-refractivity contribution is 0.0696. The molecule has 0 aliphatic heterocycles. The number of fused-ring (bicyclic) bond motifs is 1. The van der Waals surface area contributed by atoms with Gasteiger partial charge >= 0.3 is 5.97 Å². The summed E-state index contributed by atoms with van der Waals surface area (Å²) in [5.74, 6) is -0.330. The first kappa shape index (κ1) is 22.5. The molecule has 0 aromatic heterocycles. The van der Waals surface area contributed by atoms with Crippen molar-refractivity contribution < 1.29 is 24.2 Å².